The summed E-state index contributed by atoms with van der Waals surface area (Å²) in [6, 6.07) is 8.72. The van der Waals surface area contributed by atoms with Gasteiger partial charge in [-0.15, -0.1) is 11.3 Å². The van der Waals surface area contributed by atoms with Crippen LogP contribution in [0.1, 0.15) is 26.4 Å². The quantitative estimate of drug-likeness (QED) is 0.432. The van der Waals surface area contributed by atoms with E-state index in [0.717, 1.165) is 40.7 Å². The van der Waals surface area contributed by atoms with Crippen molar-refractivity contribution in [1.29, 1.82) is 0 Å². The van der Waals surface area contributed by atoms with Crippen molar-refractivity contribution in [2.45, 2.75) is 19.9 Å². The van der Waals surface area contributed by atoms with Gasteiger partial charge in [0.15, 0.2) is 0 Å². The third-order valence-electron chi connectivity index (χ3n) is 4.92. The van der Waals surface area contributed by atoms with Gasteiger partial charge >= 0.3 is 0 Å². The van der Waals surface area contributed by atoms with E-state index in [4.69, 9.17) is 10.5 Å². The zero-order valence-corrected chi connectivity index (χ0v) is 18.0. The van der Waals surface area contributed by atoms with Crippen LogP contribution >= 0.6 is 11.3 Å². The number of thiophene rings is 1. The minimum atomic E-state index is -0.595. The van der Waals surface area contributed by atoms with E-state index in [9.17, 15) is 13.6 Å². The van der Waals surface area contributed by atoms with E-state index in [0.29, 0.717) is 34.8 Å². The van der Waals surface area contributed by atoms with Crippen LogP contribution in [0.3, 0.4) is 0 Å². The van der Waals surface area contributed by atoms with Crippen molar-refractivity contribution in [2.24, 2.45) is 0 Å². The Morgan fingerprint density at radius 2 is 1.97 bits per heavy atom. The van der Waals surface area contributed by atoms with Crippen molar-refractivity contribution in [3.05, 3.63) is 82.0 Å². The Labute approximate surface area is 187 Å². The summed E-state index contributed by atoms with van der Waals surface area (Å²) in [5.41, 5.74) is 8.51. The number of nitrogens with one attached hydrogen (secondary N) is 1. The van der Waals surface area contributed by atoms with Gasteiger partial charge in [0, 0.05) is 42.4 Å². The van der Waals surface area contributed by atoms with Crippen LogP contribution in [-0.2, 0) is 13.0 Å². The number of carbonyl (C=O) groups excluding carboxylic acids is 1. The molecule has 0 atom stereocenters. The molecule has 6 nitrogen and oxygen atoms in total. The SMILES string of the molecule is Cc1cc(OCCc2ccncc2)nc2sc(C(=O)NCc3cc(F)ccc3F)c(N)c12. The third kappa shape index (κ3) is 4.67. The molecule has 1 amide bonds. The van der Waals surface area contributed by atoms with Gasteiger partial charge in [-0.25, -0.2) is 13.8 Å². The van der Waals surface area contributed by atoms with E-state index in [-0.39, 0.29) is 17.0 Å². The molecule has 0 saturated heterocycles. The van der Waals surface area contributed by atoms with Crippen LogP contribution in [0.4, 0.5) is 14.5 Å². The minimum Gasteiger partial charge on any atom is -0.477 e. The van der Waals surface area contributed by atoms with Gasteiger partial charge in [-0.3, -0.25) is 9.78 Å². The summed E-state index contributed by atoms with van der Waals surface area (Å²) < 4.78 is 32.9. The van der Waals surface area contributed by atoms with Gasteiger partial charge in [0.1, 0.15) is 21.3 Å². The number of anilines is 1. The lowest BCUT2D eigenvalue weighted by molar-refractivity contribution is 0.0955. The summed E-state index contributed by atoms with van der Waals surface area (Å²) in [6.07, 6.45) is 4.17. The lowest BCUT2D eigenvalue weighted by Gasteiger charge is -2.07. The van der Waals surface area contributed by atoms with E-state index in [1.165, 1.54) is 0 Å². The largest absolute Gasteiger partial charge is 0.477 e. The molecule has 0 unspecified atom stereocenters. The van der Waals surface area contributed by atoms with Crippen LogP contribution in [0.5, 0.6) is 5.88 Å². The summed E-state index contributed by atoms with van der Waals surface area (Å²) in [6.45, 7) is 2.15. The van der Waals surface area contributed by atoms with Gasteiger partial charge in [0.25, 0.3) is 5.91 Å². The topological polar surface area (TPSA) is 90.1 Å². The Hall–Kier alpha value is -3.59. The van der Waals surface area contributed by atoms with Gasteiger partial charge in [-0.05, 0) is 48.4 Å². The fourth-order valence-corrected chi connectivity index (χ4v) is 4.36. The van der Waals surface area contributed by atoms with Crippen molar-refractivity contribution >= 4 is 33.1 Å². The second-order valence-corrected chi connectivity index (χ2v) is 8.17. The zero-order valence-electron chi connectivity index (χ0n) is 17.2. The number of nitrogens with two attached hydrogens (primary N) is 1. The molecule has 0 aliphatic heterocycles. The molecule has 0 saturated carbocycles. The highest BCUT2D eigenvalue weighted by Crippen LogP contribution is 2.36. The van der Waals surface area contributed by atoms with Gasteiger partial charge in [0.2, 0.25) is 5.88 Å². The number of nitrogen functional groups attached to an aromatic ring is 1. The molecule has 0 aliphatic rings. The Balaban J connectivity index is 1.49. The van der Waals surface area contributed by atoms with Crippen LogP contribution in [0, 0.1) is 18.6 Å². The first-order valence-electron chi connectivity index (χ1n) is 9.86. The highest BCUT2D eigenvalue weighted by Gasteiger charge is 2.20. The maximum atomic E-state index is 13.8. The molecule has 1 aromatic carbocycles. The fraction of sp³-hybridized carbons (Fsp3) is 0.174. The molecule has 3 aromatic heterocycles. The number of aromatic nitrogens is 2. The predicted octanol–water partition coefficient (Wildman–Crippen LogP) is 4.41. The van der Waals surface area contributed by atoms with E-state index in [1.54, 1.807) is 18.5 Å². The molecule has 0 aliphatic carbocycles. The summed E-state index contributed by atoms with van der Waals surface area (Å²) in [4.78, 5) is 22.0. The molecular formula is C23H20F2N4O2S. The number of aryl methyl sites for hydroxylation is 1. The maximum absolute atomic E-state index is 13.8. The highest BCUT2D eigenvalue weighted by atomic mass is 32.1. The zero-order chi connectivity index (χ0) is 22.7. The highest BCUT2D eigenvalue weighted by molar-refractivity contribution is 7.21. The first kappa shape index (κ1) is 21.6. The third-order valence-corrected chi connectivity index (χ3v) is 6.01. The number of fused-ring (bicyclic) bond motifs is 1. The van der Waals surface area contributed by atoms with Crippen molar-refractivity contribution in [1.82, 2.24) is 15.3 Å². The summed E-state index contributed by atoms with van der Waals surface area (Å²) >= 11 is 1.13. The molecule has 32 heavy (non-hydrogen) atoms. The predicted molar refractivity (Wildman–Crippen MR) is 120 cm³/mol. The molecule has 0 spiro atoms. The molecule has 3 heterocycles. The molecule has 9 heteroatoms. The Bertz CT molecular complexity index is 1280. The van der Waals surface area contributed by atoms with Gasteiger partial charge in [-0.2, -0.15) is 0 Å². The number of pyridine rings is 2. The minimum absolute atomic E-state index is 0.0530. The Kier molecular flexibility index (Phi) is 6.27. The lowest BCUT2D eigenvalue weighted by Crippen LogP contribution is -2.23. The number of carbonyl (C=O) groups is 1. The average molecular weight is 455 g/mol. The number of nitrogens with zero attached hydrogens (tertiary/aromatic N) is 2. The maximum Gasteiger partial charge on any atom is 0.263 e. The fourth-order valence-electron chi connectivity index (χ4n) is 3.28. The van der Waals surface area contributed by atoms with Crippen molar-refractivity contribution in [2.75, 3.05) is 12.3 Å². The summed E-state index contributed by atoms with van der Waals surface area (Å²) in [5.74, 6) is -1.21. The van der Waals surface area contributed by atoms with E-state index < -0.39 is 17.5 Å². The number of hydrogen-bond donors (Lipinski definition) is 2. The van der Waals surface area contributed by atoms with Crippen LogP contribution < -0.4 is 15.8 Å². The second kappa shape index (κ2) is 9.27. The molecule has 4 rings (SSSR count). The first-order chi connectivity index (χ1) is 15.4. The normalized spacial score (nSPS) is 11.0. The number of rotatable bonds is 7. The molecular weight excluding hydrogens is 434 g/mol. The molecule has 164 valence electrons. The molecule has 4 aromatic rings. The summed E-state index contributed by atoms with van der Waals surface area (Å²) in [5, 5.41) is 3.27. The number of ether oxygens (including phenoxy) is 1. The van der Waals surface area contributed by atoms with Gasteiger partial charge in [-0.1, -0.05) is 0 Å². The molecule has 0 fully saturated rings. The van der Waals surface area contributed by atoms with Crippen LogP contribution in [0.25, 0.3) is 10.2 Å². The van der Waals surface area contributed by atoms with E-state index in [1.807, 2.05) is 19.1 Å². The van der Waals surface area contributed by atoms with Gasteiger partial charge in [0.05, 0.1) is 12.3 Å². The van der Waals surface area contributed by atoms with Crippen molar-refractivity contribution in [3.63, 3.8) is 0 Å². The Morgan fingerprint density at radius 1 is 1.19 bits per heavy atom. The molecule has 0 radical (unpaired) electrons. The van der Waals surface area contributed by atoms with E-state index in [2.05, 4.69) is 15.3 Å². The van der Waals surface area contributed by atoms with Crippen molar-refractivity contribution < 1.29 is 18.3 Å². The number of benzene rings is 1. The Morgan fingerprint density at radius 3 is 2.75 bits per heavy atom. The second-order valence-electron chi connectivity index (χ2n) is 7.17. The number of halogens is 2. The standard InChI is InChI=1S/C23H20F2N4O2S/c1-13-10-18(31-9-6-14-4-7-27-8-5-14)29-23-19(13)20(26)21(32-23)22(30)28-12-15-11-16(24)2-3-17(15)25/h2-5,7-8,10-11H,6,9,12,26H2,1H3,(H,28,30). The first-order valence-corrected chi connectivity index (χ1v) is 10.7. The average Bonchev–Trinajstić information content (AvgIpc) is 3.12. The monoisotopic (exact) mass is 454 g/mol. The lowest BCUT2D eigenvalue weighted by atomic mass is 10.1. The smallest absolute Gasteiger partial charge is 0.263 e. The van der Waals surface area contributed by atoms with Crippen LogP contribution in [-0.4, -0.2) is 22.5 Å². The number of amides is 1. The molecule has 3 N–H and O–H groups in total. The van der Waals surface area contributed by atoms with E-state index >= 15 is 0 Å². The van der Waals surface area contributed by atoms with Gasteiger partial charge < -0.3 is 15.8 Å². The van der Waals surface area contributed by atoms with Crippen LogP contribution in [0.15, 0.2) is 48.8 Å². The number of hydrogen-bond acceptors (Lipinski definition) is 6. The van der Waals surface area contributed by atoms with Crippen LogP contribution in [0.2, 0.25) is 0 Å². The molecule has 0 bridgehead atoms. The van der Waals surface area contributed by atoms with Crippen molar-refractivity contribution in [3.8, 4) is 5.88 Å². The summed E-state index contributed by atoms with van der Waals surface area (Å²) in [7, 11) is 0.